The van der Waals surface area contributed by atoms with Gasteiger partial charge in [-0.1, -0.05) is 11.6 Å². The van der Waals surface area contributed by atoms with Crippen LogP contribution in [-0.4, -0.2) is 64.0 Å². The maximum Gasteiger partial charge on any atom is 0.320 e. The average Bonchev–Trinajstić information content (AvgIpc) is 2.46. The molecule has 2 rings (SSSR count). The van der Waals surface area contributed by atoms with Crippen LogP contribution in [0.15, 0.2) is 18.3 Å². The van der Waals surface area contributed by atoms with Gasteiger partial charge in [0.25, 0.3) is 5.91 Å². The second kappa shape index (κ2) is 6.19. The third kappa shape index (κ3) is 3.08. The fraction of sp³-hybridized carbons (Fsp3) is 0.462. The average molecular weight is 298 g/mol. The summed E-state index contributed by atoms with van der Waals surface area (Å²) in [6.07, 6.45) is 1.53. The lowest BCUT2D eigenvalue weighted by molar-refractivity contribution is -0.143. The molecule has 1 aromatic heterocycles. The molecule has 20 heavy (non-hydrogen) atoms. The van der Waals surface area contributed by atoms with Gasteiger partial charge in [-0.3, -0.25) is 14.5 Å². The molecule has 0 spiro atoms. The van der Waals surface area contributed by atoms with E-state index in [2.05, 4.69) is 4.98 Å². The predicted octanol–water partition coefficient (Wildman–Crippen LogP) is 0.966. The molecule has 7 heteroatoms. The van der Waals surface area contributed by atoms with E-state index in [1.165, 1.54) is 6.20 Å². The lowest BCUT2D eigenvalue weighted by Crippen LogP contribution is -2.53. The van der Waals surface area contributed by atoms with Crippen LogP contribution in [-0.2, 0) is 4.79 Å². The van der Waals surface area contributed by atoms with E-state index in [1.807, 2.05) is 4.90 Å². The number of hydrogen-bond acceptors (Lipinski definition) is 4. The minimum absolute atomic E-state index is 0.161. The van der Waals surface area contributed by atoms with E-state index in [1.54, 1.807) is 24.0 Å². The fourth-order valence-corrected chi connectivity index (χ4v) is 2.38. The fourth-order valence-electron chi connectivity index (χ4n) is 2.18. The number of pyridine rings is 1. The molecule has 108 valence electrons. The molecule has 6 nitrogen and oxygen atoms in total. The Labute approximate surface area is 122 Å². The van der Waals surface area contributed by atoms with Gasteiger partial charge < -0.3 is 10.0 Å². The molecule has 0 radical (unpaired) electrons. The number of nitrogens with zero attached hydrogens (tertiary/aromatic N) is 3. The van der Waals surface area contributed by atoms with Crippen LogP contribution in [0.1, 0.15) is 17.3 Å². The number of rotatable bonds is 3. The molecule has 0 aliphatic carbocycles. The van der Waals surface area contributed by atoms with E-state index in [4.69, 9.17) is 16.7 Å². The SMILES string of the molecule is CC(C(=O)O)N1CCN(C(=O)c2cccnc2Cl)CC1. The molecular weight excluding hydrogens is 282 g/mol. The highest BCUT2D eigenvalue weighted by Crippen LogP contribution is 2.16. The Morgan fingerprint density at radius 3 is 2.55 bits per heavy atom. The van der Waals surface area contributed by atoms with Crippen molar-refractivity contribution in [2.45, 2.75) is 13.0 Å². The number of aliphatic carboxylic acids is 1. The van der Waals surface area contributed by atoms with Gasteiger partial charge in [0.05, 0.1) is 5.56 Å². The van der Waals surface area contributed by atoms with Gasteiger partial charge in [0.1, 0.15) is 11.2 Å². The highest BCUT2D eigenvalue weighted by atomic mass is 35.5. The lowest BCUT2D eigenvalue weighted by Gasteiger charge is -2.36. The molecule has 1 amide bonds. The zero-order valence-corrected chi connectivity index (χ0v) is 11.9. The van der Waals surface area contributed by atoms with Gasteiger partial charge in [0.15, 0.2) is 0 Å². The largest absolute Gasteiger partial charge is 0.480 e. The summed E-state index contributed by atoms with van der Waals surface area (Å²) < 4.78 is 0. The maximum atomic E-state index is 12.3. The van der Waals surface area contributed by atoms with E-state index in [9.17, 15) is 9.59 Å². The van der Waals surface area contributed by atoms with Crippen molar-refractivity contribution in [2.24, 2.45) is 0 Å². The Balaban J connectivity index is 1.99. The van der Waals surface area contributed by atoms with Crippen LogP contribution in [0.2, 0.25) is 5.15 Å². The number of halogens is 1. The van der Waals surface area contributed by atoms with Gasteiger partial charge in [-0.25, -0.2) is 4.98 Å². The molecule has 1 fully saturated rings. The van der Waals surface area contributed by atoms with Crippen molar-refractivity contribution < 1.29 is 14.7 Å². The quantitative estimate of drug-likeness (QED) is 0.842. The minimum Gasteiger partial charge on any atom is -0.480 e. The molecule has 1 saturated heterocycles. The van der Waals surface area contributed by atoms with Crippen molar-refractivity contribution in [3.8, 4) is 0 Å². The molecule has 0 aromatic carbocycles. The first kappa shape index (κ1) is 14.7. The van der Waals surface area contributed by atoms with Gasteiger partial charge in [-0.2, -0.15) is 0 Å². The van der Waals surface area contributed by atoms with Crippen molar-refractivity contribution in [1.82, 2.24) is 14.8 Å². The first-order valence-corrected chi connectivity index (χ1v) is 6.75. The van der Waals surface area contributed by atoms with Crippen molar-refractivity contribution >= 4 is 23.5 Å². The van der Waals surface area contributed by atoms with Gasteiger partial charge in [-0.15, -0.1) is 0 Å². The van der Waals surface area contributed by atoms with Gasteiger partial charge >= 0.3 is 5.97 Å². The highest BCUT2D eigenvalue weighted by Gasteiger charge is 2.28. The second-order valence-corrected chi connectivity index (χ2v) is 5.04. The second-order valence-electron chi connectivity index (χ2n) is 4.68. The summed E-state index contributed by atoms with van der Waals surface area (Å²) in [4.78, 5) is 30.6. The van der Waals surface area contributed by atoms with Gasteiger partial charge in [-0.05, 0) is 19.1 Å². The molecule has 1 aromatic rings. The highest BCUT2D eigenvalue weighted by molar-refractivity contribution is 6.32. The molecular formula is C13H16ClN3O3. The molecule has 1 aliphatic rings. The summed E-state index contributed by atoms with van der Waals surface area (Å²) in [6, 6.07) is 2.78. The first-order chi connectivity index (χ1) is 9.50. The smallest absolute Gasteiger partial charge is 0.320 e. The number of aromatic nitrogens is 1. The standard InChI is InChI=1S/C13H16ClN3O3/c1-9(13(19)20)16-5-7-17(8-6-16)12(18)10-3-2-4-15-11(10)14/h2-4,9H,5-8H2,1H3,(H,19,20). The molecule has 0 saturated carbocycles. The van der Waals surface area contributed by atoms with E-state index in [-0.39, 0.29) is 11.1 Å². The molecule has 1 aliphatic heterocycles. The zero-order chi connectivity index (χ0) is 14.7. The number of carbonyl (C=O) groups is 2. The van der Waals surface area contributed by atoms with E-state index in [0.29, 0.717) is 31.7 Å². The molecule has 0 bridgehead atoms. The van der Waals surface area contributed by atoms with E-state index in [0.717, 1.165) is 0 Å². The van der Waals surface area contributed by atoms with Gasteiger partial charge in [0.2, 0.25) is 0 Å². The third-order valence-electron chi connectivity index (χ3n) is 3.50. The van der Waals surface area contributed by atoms with Crippen LogP contribution in [0.3, 0.4) is 0 Å². The number of carbonyl (C=O) groups excluding carboxylic acids is 1. The zero-order valence-electron chi connectivity index (χ0n) is 11.1. The van der Waals surface area contributed by atoms with Crippen molar-refractivity contribution in [1.29, 1.82) is 0 Å². The Hall–Kier alpha value is -1.66. The van der Waals surface area contributed by atoms with Crippen LogP contribution in [0.25, 0.3) is 0 Å². The Morgan fingerprint density at radius 2 is 2.00 bits per heavy atom. The molecule has 1 N–H and O–H groups in total. The predicted molar refractivity (Wildman–Crippen MR) is 73.8 cm³/mol. The van der Waals surface area contributed by atoms with Gasteiger partial charge in [0, 0.05) is 32.4 Å². The number of piperazine rings is 1. The summed E-state index contributed by atoms with van der Waals surface area (Å²) in [5, 5.41) is 9.17. The summed E-state index contributed by atoms with van der Waals surface area (Å²) in [6.45, 7) is 3.70. The topological polar surface area (TPSA) is 73.7 Å². The maximum absolute atomic E-state index is 12.3. The summed E-state index contributed by atoms with van der Waals surface area (Å²) in [7, 11) is 0. The van der Waals surface area contributed by atoms with Crippen LogP contribution in [0, 0.1) is 0 Å². The van der Waals surface area contributed by atoms with Crippen molar-refractivity contribution in [3.63, 3.8) is 0 Å². The molecule has 2 heterocycles. The number of carboxylic acid groups (broad SMARTS) is 1. The van der Waals surface area contributed by atoms with Crippen LogP contribution >= 0.6 is 11.6 Å². The monoisotopic (exact) mass is 297 g/mol. The number of hydrogen-bond donors (Lipinski definition) is 1. The van der Waals surface area contributed by atoms with Crippen LogP contribution < -0.4 is 0 Å². The Kier molecular flexibility index (Phi) is 4.57. The van der Waals surface area contributed by atoms with Crippen molar-refractivity contribution in [3.05, 3.63) is 29.0 Å². The first-order valence-electron chi connectivity index (χ1n) is 6.37. The summed E-state index contributed by atoms with van der Waals surface area (Å²) >= 11 is 5.91. The van der Waals surface area contributed by atoms with Crippen molar-refractivity contribution in [2.75, 3.05) is 26.2 Å². The molecule has 1 unspecified atom stereocenters. The van der Waals surface area contributed by atoms with E-state index >= 15 is 0 Å². The minimum atomic E-state index is -0.847. The molecule has 1 atom stereocenters. The van der Waals surface area contributed by atoms with Crippen LogP contribution in [0.5, 0.6) is 0 Å². The normalized spacial score (nSPS) is 17.8. The van der Waals surface area contributed by atoms with E-state index < -0.39 is 12.0 Å². The van der Waals surface area contributed by atoms with Crippen LogP contribution in [0.4, 0.5) is 0 Å². The summed E-state index contributed by atoms with van der Waals surface area (Å²) in [5.41, 5.74) is 0.383. The summed E-state index contributed by atoms with van der Waals surface area (Å²) in [5.74, 6) is -1.01. The Morgan fingerprint density at radius 1 is 1.35 bits per heavy atom. The number of carboxylic acids is 1. The number of amides is 1. The Bertz CT molecular complexity index is 515. The lowest BCUT2D eigenvalue weighted by atomic mass is 10.2. The third-order valence-corrected chi connectivity index (χ3v) is 3.80.